The van der Waals surface area contributed by atoms with Crippen molar-refractivity contribution in [3.63, 3.8) is 0 Å². The lowest BCUT2D eigenvalue weighted by atomic mass is 9.96. The Kier molecular flexibility index (Phi) is 7.06. The van der Waals surface area contributed by atoms with Gasteiger partial charge in [0.15, 0.2) is 0 Å². The van der Waals surface area contributed by atoms with Crippen LogP contribution in [0.25, 0.3) is 22.0 Å². The molecule has 0 saturated carbocycles. The molecule has 35 heavy (non-hydrogen) atoms. The van der Waals surface area contributed by atoms with Crippen molar-refractivity contribution in [2.75, 3.05) is 44.7 Å². The molecule has 2 aliphatic heterocycles. The molecule has 1 saturated heterocycles. The minimum absolute atomic E-state index is 0.0146. The number of piperidine rings is 1. The van der Waals surface area contributed by atoms with Gasteiger partial charge in [-0.3, -0.25) is 19.4 Å². The Hall–Kier alpha value is -2.91. The molecule has 2 aliphatic rings. The first-order valence-electron chi connectivity index (χ1n) is 12.6. The molecule has 0 aromatic carbocycles. The fourth-order valence-corrected chi connectivity index (χ4v) is 5.26. The van der Waals surface area contributed by atoms with Gasteiger partial charge in [0.2, 0.25) is 5.91 Å². The van der Waals surface area contributed by atoms with Gasteiger partial charge in [-0.2, -0.15) is 5.10 Å². The molecule has 1 fully saturated rings. The molecule has 5 heterocycles. The Bertz CT molecular complexity index is 1190. The maximum atomic E-state index is 13.0. The van der Waals surface area contributed by atoms with E-state index in [4.69, 9.17) is 0 Å². The smallest absolute Gasteiger partial charge is 0.229 e. The highest BCUT2D eigenvalue weighted by Crippen LogP contribution is 2.28. The number of amides is 1. The molecule has 1 N–H and O–H groups in total. The summed E-state index contributed by atoms with van der Waals surface area (Å²) in [5.41, 5.74) is 2.84. The van der Waals surface area contributed by atoms with E-state index >= 15 is 0 Å². The molecule has 1 atom stereocenters. The first-order valence-corrected chi connectivity index (χ1v) is 12.6. The number of anilines is 1. The van der Waals surface area contributed by atoms with Crippen LogP contribution in [0.1, 0.15) is 32.4 Å². The van der Waals surface area contributed by atoms with Crippen molar-refractivity contribution in [2.24, 2.45) is 11.8 Å². The van der Waals surface area contributed by atoms with Crippen molar-refractivity contribution >= 4 is 22.5 Å². The van der Waals surface area contributed by atoms with E-state index in [-0.39, 0.29) is 18.5 Å². The van der Waals surface area contributed by atoms with Gasteiger partial charge in [-0.15, -0.1) is 0 Å². The van der Waals surface area contributed by atoms with Gasteiger partial charge in [0.05, 0.1) is 30.0 Å². The van der Waals surface area contributed by atoms with E-state index in [2.05, 4.69) is 44.0 Å². The van der Waals surface area contributed by atoms with Crippen LogP contribution in [0.3, 0.4) is 0 Å². The zero-order valence-corrected chi connectivity index (χ0v) is 20.6. The summed E-state index contributed by atoms with van der Waals surface area (Å²) in [6, 6.07) is 3.93. The quantitative estimate of drug-likeness (QED) is 0.558. The zero-order valence-electron chi connectivity index (χ0n) is 20.6. The monoisotopic (exact) mass is 479 g/mol. The van der Waals surface area contributed by atoms with Crippen molar-refractivity contribution in [1.82, 2.24) is 29.5 Å². The van der Waals surface area contributed by atoms with Gasteiger partial charge in [0.1, 0.15) is 12.5 Å². The standard InChI is InChI=1S/C26H34FN7O/c1-18(2)15-33-6-3-4-19(16-33)26(35)31-25-11-20-10-23(28-12-21(20)13-29-25)22-14-30-34-9-8-32(7-5-27)17-24(22)34/h10-14,18-19H,3-9,15-17H2,1-2H3,(H,29,31,35). The Labute approximate surface area is 205 Å². The van der Waals surface area contributed by atoms with Crippen molar-refractivity contribution < 1.29 is 9.18 Å². The summed E-state index contributed by atoms with van der Waals surface area (Å²) in [5, 5.41) is 9.44. The van der Waals surface area contributed by atoms with Crippen molar-refractivity contribution in [3.05, 3.63) is 36.4 Å². The molecule has 5 rings (SSSR count). The number of hydrogen-bond donors (Lipinski definition) is 1. The van der Waals surface area contributed by atoms with Crippen molar-refractivity contribution in [2.45, 2.75) is 39.8 Å². The minimum Gasteiger partial charge on any atom is -0.310 e. The molecule has 1 unspecified atom stereocenters. The Balaban J connectivity index is 1.33. The summed E-state index contributed by atoms with van der Waals surface area (Å²) in [4.78, 5) is 26.6. The Morgan fingerprint density at radius 1 is 1.11 bits per heavy atom. The second kappa shape index (κ2) is 10.4. The van der Waals surface area contributed by atoms with Crippen LogP contribution in [-0.2, 0) is 17.9 Å². The van der Waals surface area contributed by atoms with Crippen LogP contribution in [0.15, 0.2) is 30.7 Å². The third-order valence-electron chi connectivity index (χ3n) is 6.98. The van der Waals surface area contributed by atoms with Crippen LogP contribution >= 0.6 is 0 Å². The zero-order chi connectivity index (χ0) is 24.4. The van der Waals surface area contributed by atoms with Crippen molar-refractivity contribution in [1.29, 1.82) is 0 Å². The number of rotatable bonds is 7. The molecule has 0 bridgehead atoms. The van der Waals surface area contributed by atoms with E-state index in [1.54, 1.807) is 12.4 Å². The molecule has 9 heteroatoms. The summed E-state index contributed by atoms with van der Waals surface area (Å²) in [6.07, 6.45) is 7.36. The number of alkyl halides is 1. The lowest BCUT2D eigenvalue weighted by Gasteiger charge is -2.32. The average Bonchev–Trinajstić information content (AvgIpc) is 3.27. The van der Waals surface area contributed by atoms with Crippen molar-refractivity contribution in [3.8, 4) is 11.3 Å². The third kappa shape index (κ3) is 5.36. The van der Waals surface area contributed by atoms with Crippen LogP contribution in [0.4, 0.5) is 10.2 Å². The number of aromatic nitrogens is 4. The number of halogens is 1. The molecule has 8 nitrogen and oxygen atoms in total. The molecular formula is C26H34FN7O. The topological polar surface area (TPSA) is 79.2 Å². The van der Waals surface area contributed by atoms with Crippen LogP contribution < -0.4 is 5.32 Å². The number of likely N-dealkylation sites (tertiary alicyclic amines) is 1. The van der Waals surface area contributed by atoms with Gasteiger partial charge in [0.25, 0.3) is 0 Å². The normalized spacial score (nSPS) is 19.3. The van der Waals surface area contributed by atoms with Crippen LogP contribution in [0.5, 0.6) is 0 Å². The Morgan fingerprint density at radius 2 is 1.97 bits per heavy atom. The van der Waals surface area contributed by atoms with Crippen LogP contribution in [0, 0.1) is 11.8 Å². The van der Waals surface area contributed by atoms with Gasteiger partial charge in [-0.25, -0.2) is 9.37 Å². The molecule has 3 aromatic heterocycles. The van der Waals surface area contributed by atoms with E-state index < -0.39 is 0 Å². The van der Waals surface area contributed by atoms with E-state index in [0.717, 1.165) is 73.3 Å². The predicted octanol–water partition coefficient (Wildman–Crippen LogP) is 3.58. The summed E-state index contributed by atoms with van der Waals surface area (Å²) < 4.78 is 14.9. The fraction of sp³-hybridized carbons (Fsp3) is 0.538. The number of carbonyl (C=O) groups is 1. The highest BCUT2D eigenvalue weighted by Gasteiger charge is 2.26. The van der Waals surface area contributed by atoms with E-state index in [0.29, 0.717) is 24.8 Å². The van der Waals surface area contributed by atoms with Crippen LogP contribution in [0.2, 0.25) is 0 Å². The summed E-state index contributed by atoms with van der Waals surface area (Å²) in [6.45, 7) is 9.61. The number of pyridine rings is 2. The maximum absolute atomic E-state index is 13.0. The molecule has 3 aromatic rings. The highest BCUT2D eigenvalue weighted by atomic mass is 19.1. The number of carbonyl (C=O) groups excluding carboxylic acids is 1. The van der Waals surface area contributed by atoms with E-state index in [1.165, 1.54) is 0 Å². The van der Waals surface area contributed by atoms with Gasteiger partial charge in [-0.1, -0.05) is 13.8 Å². The lowest BCUT2D eigenvalue weighted by molar-refractivity contribution is -0.121. The van der Waals surface area contributed by atoms with Gasteiger partial charge in [0, 0.05) is 56.1 Å². The largest absolute Gasteiger partial charge is 0.310 e. The van der Waals surface area contributed by atoms with Gasteiger partial charge in [-0.05, 0) is 42.8 Å². The molecule has 0 radical (unpaired) electrons. The first-order chi connectivity index (χ1) is 17.0. The average molecular weight is 480 g/mol. The van der Waals surface area contributed by atoms with E-state index in [1.807, 2.05) is 23.0 Å². The molecule has 186 valence electrons. The lowest BCUT2D eigenvalue weighted by Crippen LogP contribution is -2.42. The number of fused-ring (bicyclic) bond motifs is 2. The predicted molar refractivity (Wildman–Crippen MR) is 135 cm³/mol. The van der Waals surface area contributed by atoms with Gasteiger partial charge >= 0.3 is 0 Å². The first kappa shape index (κ1) is 23.8. The minimum atomic E-state index is -0.351. The molecular weight excluding hydrogens is 445 g/mol. The summed E-state index contributed by atoms with van der Waals surface area (Å²) in [7, 11) is 0. The summed E-state index contributed by atoms with van der Waals surface area (Å²) in [5.74, 6) is 1.18. The molecule has 0 spiro atoms. The third-order valence-corrected chi connectivity index (χ3v) is 6.98. The number of nitrogens with zero attached hydrogens (tertiary/aromatic N) is 6. The highest BCUT2D eigenvalue weighted by molar-refractivity contribution is 5.94. The SMILES string of the molecule is CC(C)CN1CCCC(C(=O)Nc2cc3cc(-c4cnn5c4CN(CCF)CC5)ncc3cn2)C1. The maximum Gasteiger partial charge on any atom is 0.229 e. The summed E-state index contributed by atoms with van der Waals surface area (Å²) >= 11 is 0. The second-order valence-corrected chi connectivity index (χ2v) is 10.2. The van der Waals surface area contributed by atoms with Crippen LogP contribution in [-0.4, -0.2) is 74.9 Å². The number of nitrogens with one attached hydrogen (secondary N) is 1. The molecule has 0 aliphatic carbocycles. The number of hydrogen-bond acceptors (Lipinski definition) is 6. The second-order valence-electron chi connectivity index (χ2n) is 10.2. The Morgan fingerprint density at radius 3 is 2.80 bits per heavy atom. The fourth-order valence-electron chi connectivity index (χ4n) is 5.26. The van der Waals surface area contributed by atoms with Gasteiger partial charge < -0.3 is 10.2 Å². The van der Waals surface area contributed by atoms with E-state index in [9.17, 15) is 9.18 Å². The molecule has 1 amide bonds.